The van der Waals surface area contributed by atoms with Crippen LogP contribution in [0.4, 0.5) is 5.82 Å². The SMILES string of the molecule is CCCOc1nc(-c2ncccn2)nc(NS(=O)(=O)c2ccc(C(C)(C)C)cc2)c1Oc1ccccc1OC.O=CO. The normalized spacial score (nSPS) is 11.1. The highest BCUT2D eigenvalue weighted by molar-refractivity contribution is 7.92. The smallest absolute Gasteiger partial charge is 0.290 e. The Bertz CT molecular complexity index is 1580. The van der Waals surface area contributed by atoms with Gasteiger partial charge in [-0.3, -0.25) is 9.52 Å². The Morgan fingerprint density at radius 1 is 0.929 bits per heavy atom. The van der Waals surface area contributed by atoms with Gasteiger partial charge in [-0.2, -0.15) is 4.98 Å². The van der Waals surface area contributed by atoms with Gasteiger partial charge in [0.25, 0.3) is 22.4 Å². The Labute approximate surface area is 244 Å². The van der Waals surface area contributed by atoms with E-state index in [1.165, 1.54) is 19.5 Å². The van der Waals surface area contributed by atoms with E-state index < -0.39 is 10.0 Å². The largest absolute Gasteiger partial charge is 0.493 e. The fraction of sp³-hybridized carbons (Fsp3) is 0.276. The van der Waals surface area contributed by atoms with E-state index in [1.54, 1.807) is 54.6 Å². The minimum atomic E-state index is -4.09. The van der Waals surface area contributed by atoms with Crippen LogP contribution < -0.4 is 18.9 Å². The lowest BCUT2D eigenvalue weighted by molar-refractivity contribution is -0.122. The van der Waals surface area contributed by atoms with Gasteiger partial charge in [-0.15, -0.1) is 0 Å². The lowest BCUT2D eigenvalue weighted by Crippen LogP contribution is -2.17. The molecule has 0 saturated carbocycles. The molecule has 0 unspecified atom stereocenters. The van der Waals surface area contributed by atoms with E-state index in [4.69, 9.17) is 24.1 Å². The molecule has 0 aliphatic heterocycles. The average Bonchev–Trinajstić information content (AvgIpc) is 2.97. The minimum absolute atomic E-state index is 0.0254. The predicted molar refractivity (Wildman–Crippen MR) is 157 cm³/mol. The van der Waals surface area contributed by atoms with Crippen LogP contribution in [-0.2, 0) is 20.2 Å². The van der Waals surface area contributed by atoms with Crippen LogP contribution >= 0.6 is 0 Å². The summed E-state index contributed by atoms with van der Waals surface area (Å²) in [5.41, 5.74) is 0.872. The quantitative estimate of drug-likeness (QED) is 0.228. The van der Waals surface area contributed by atoms with Crippen molar-refractivity contribution >= 4 is 22.3 Å². The van der Waals surface area contributed by atoms with Crippen LogP contribution in [0, 0.1) is 0 Å². The fourth-order valence-electron chi connectivity index (χ4n) is 3.54. The van der Waals surface area contributed by atoms with Gasteiger partial charge in [0.05, 0.1) is 18.6 Å². The molecule has 2 aromatic carbocycles. The summed E-state index contributed by atoms with van der Waals surface area (Å²) in [6, 6.07) is 15.3. The minimum Gasteiger partial charge on any atom is -0.493 e. The molecule has 0 radical (unpaired) electrons. The van der Waals surface area contributed by atoms with Gasteiger partial charge >= 0.3 is 0 Å². The van der Waals surface area contributed by atoms with Gasteiger partial charge in [-0.05, 0) is 47.7 Å². The Morgan fingerprint density at radius 2 is 1.55 bits per heavy atom. The van der Waals surface area contributed by atoms with Crippen LogP contribution in [0.5, 0.6) is 23.1 Å². The number of anilines is 1. The molecule has 0 bridgehead atoms. The first-order chi connectivity index (χ1) is 20.0. The molecule has 2 heterocycles. The Kier molecular flexibility index (Phi) is 10.7. The van der Waals surface area contributed by atoms with Crippen LogP contribution in [0.3, 0.4) is 0 Å². The molecule has 0 amide bonds. The molecule has 0 atom stereocenters. The first kappa shape index (κ1) is 31.7. The average molecular weight is 596 g/mol. The third-order valence-corrected chi connectivity index (χ3v) is 6.94. The molecule has 0 spiro atoms. The van der Waals surface area contributed by atoms with E-state index in [1.807, 2.05) is 6.92 Å². The topological polar surface area (TPSA) is 163 Å². The molecule has 0 fully saturated rings. The van der Waals surface area contributed by atoms with Crippen molar-refractivity contribution in [1.82, 2.24) is 19.9 Å². The van der Waals surface area contributed by atoms with Crippen molar-refractivity contribution in [3.63, 3.8) is 0 Å². The third kappa shape index (κ3) is 8.13. The summed E-state index contributed by atoms with van der Waals surface area (Å²) < 4.78 is 47.1. The van der Waals surface area contributed by atoms with E-state index in [0.717, 1.165) is 5.56 Å². The van der Waals surface area contributed by atoms with Crippen molar-refractivity contribution in [3.8, 4) is 34.8 Å². The second-order valence-corrected chi connectivity index (χ2v) is 11.4. The highest BCUT2D eigenvalue weighted by Gasteiger charge is 2.26. The van der Waals surface area contributed by atoms with Gasteiger partial charge in [-0.1, -0.05) is 52.0 Å². The predicted octanol–water partition coefficient (Wildman–Crippen LogP) is 5.32. The number of sulfonamides is 1. The van der Waals surface area contributed by atoms with Gasteiger partial charge in [0.15, 0.2) is 23.1 Å². The summed E-state index contributed by atoms with van der Waals surface area (Å²) in [4.78, 5) is 25.8. The molecule has 4 aromatic rings. The second-order valence-electron chi connectivity index (χ2n) is 9.69. The van der Waals surface area contributed by atoms with Crippen molar-refractivity contribution < 1.29 is 32.5 Å². The van der Waals surface area contributed by atoms with Gasteiger partial charge in [0.2, 0.25) is 11.6 Å². The number of nitrogens with zero attached hydrogens (tertiary/aromatic N) is 4. The lowest BCUT2D eigenvalue weighted by Gasteiger charge is -2.20. The highest BCUT2D eigenvalue weighted by Crippen LogP contribution is 2.41. The number of aromatic nitrogens is 4. The van der Waals surface area contributed by atoms with Crippen LogP contribution in [0.15, 0.2) is 71.9 Å². The second kappa shape index (κ2) is 14.2. The van der Waals surface area contributed by atoms with E-state index in [-0.39, 0.29) is 45.9 Å². The molecule has 222 valence electrons. The number of carbonyl (C=O) groups is 1. The number of hydrogen-bond donors (Lipinski definition) is 2. The highest BCUT2D eigenvalue weighted by atomic mass is 32.2. The van der Waals surface area contributed by atoms with Crippen molar-refractivity contribution in [2.45, 2.75) is 44.4 Å². The van der Waals surface area contributed by atoms with Crippen LogP contribution in [0.1, 0.15) is 39.7 Å². The maximum absolute atomic E-state index is 13.5. The maximum atomic E-state index is 13.5. The monoisotopic (exact) mass is 595 g/mol. The summed E-state index contributed by atoms with van der Waals surface area (Å²) in [6.45, 7) is 8.16. The van der Waals surface area contributed by atoms with Crippen molar-refractivity contribution in [2.24, 2.45) is 0 Å². The summed E-state index contributed by atoms with van der Waals surface area (Å²) >= 11 is 0. The molecule has 0 aliphatic rings. The molecule has 42 heavy (non-hydrogen) atoms. The van der Waals surface area contributed by atoms with Crippen molar-refractivity contribution in [2.75, 3.05) is 18.4 Å². The zero-order valence-electron chi connectivity index (χ0n) is 23.9. The van der Waals surface area contributed by atoms with Gasteiger partial charge < -0.3 is 19.3 Å². The van der Waals surface area contributed by atoms with E-state index in [2.05, 4.69) is 45.4 Å². The first-order valence-electron chi connectivity index (χ1n) is 12.9. The summed E-state index contributed by atoms with van der Waals surface area (Å²) in [7, 11) is -2.58. The van der Waals surface area contributed by atoms with Crippen molar-refractivity contribution in [1.29, 1.82) is 0 Å². The number of nitrogens with one attached hydrogen (secondary N) is 1. The molecular weight excluding hydrogens is 562 g/mol. The van der Waals surface area contributed by atoms with E-state index in [9.17, 15) is 8.42 Å². The van der Waals surface area contributed by atoms with Gasteiger partial charge in [0.1, 0.15) is 0 Å². The number of methoxy groups -OCH3 is 1. The van der Waals surface area contributed by atoms with Gasteiger partial charge in [0, 0.05) is 12.4 Å². The van der Waals surface area contributed by atoms with Crippen molar-refractivity contribution in [3.05, 3.63) is 72.6 Å². The Hall–Kier alpha value is -4.78. The van der Waals surface area contributed by atoms with Gasteiger partial charge in [-0.25, -0.2) is 23.4 Å². The molecule has 2 aromatic heterocycles. The fourth-order valence-corrected chi connectivity index (χ4v) is 4.54. The van der Waals surface area contributed by atoms with Crippen LogP contribution in [-0.4, -0.2) is 53.6 Å². The number of carboxylic acid groups (broad SMARTS) is 1. The molecule has 0 saturated heterocycles. The summed E-state index contributed by atoms with van der Waals surface area (Å²) in [5, 5.41) is 6.89. The third-order valence-electron chi connectivity index (χ3n) is 5.59. The number of rotatable bonds is 10. The maximum Gasteiger partial charge on any atom is 0.290 e. The summed E-state index contributed by atoms with van der Waals surface area (Å²) in [6.07, 6.45) is 3.76. The zero-order chi connectivity index (χ0) is 30.8. The molecule has 13 heteroatoms. The zero-order valence-corrected chi connectivity index (χ0v) is 24.8. The standard InChI is InChI=1S/C28H31N5O5S.CH2O2/c1-6-18-37-27-23(38-22-11-8-7-10-21(22)36-5)24(31-26(32-27)25-29-16-9-17-30-25)33-39(34,35)20-14-12-19(13-15-20)28(2,3)4;2-1-3/h7-17H,6,18H2,1-5H3,(H,31,32,33);1H,(H,2,3). The van der Waals surface area contributed by atoms with E-state index >= 15 is 0 Å². The Balaban J connectivity index is 0.00000155. The molecular formula is C29H33N5O7S. The summed E-state index contributed by atoms with van der Waals surface area (Å²) in [5.74, 6) is 0.880. The van der Waals surface area contributed by atoms with E-state index in [0.29, 0.717) is 24.5 Å². The number of para-hydroxylation sites is 2. The first-order valence-corrected chi connectivity index (χ1v) is 14.4. The Morgan fingerprint density at radius 3 is 2.12 bits per heavy atom. The van der Waals surface area contributed by atoms with Crippen LogP contribution in [0.25, 0.3) is 11.6 Å². The molecule has 2 N–H and O–H groups in total. The number of ether oxygens (including phenoxy) is 3. The number of hydrogen-bond acceptors (Lipinski definition) is 10. The molecule has 12 nitrogen and oxygen atoms in total. The molecule has 0 aliphatic carbocycles. The van der Waals surface area contributed by atoms with Crippen LogP contribution in [0.2, 0.25) is 0 Å². The lowest BCUT2D eigenvalue weighted by atomic mass is 9.87. The number of benzene rings is 2. The molecule has 4 rings (SSSR count).